The molecule has 72 valence electrons. The molecule has 0 aromatic heterocycles. The van der Waals surface area contributed by atoms with Crippen LogP contribution >= 0.6 is 0 Å². The number of carbonyl (C=O) groups excluding carboxylic acids is 1. The summed E-state index contributed by atoms with van der Waals surface area (Å²) in [6, 6.07) is 9.24. The maximum absolute atomic E-state index is 11.0. The van der Waals surface area contributed by atoms with Gasteiger partial charge in [0, 0.05) is 0 Å². The predicted molar refractivity (Wildman–Crippen MR) is 52.7 cm³/mol. The molecule has 1 aromatic carbocycles. The number of benzene rings is 1. The van der Waals surface area contributed by atoms with Crippen molar-refractivity contribution in [3.63, 3.8) is 0 Å². The third-order valence-electron chi connectivity index (χ3n) is 1.59. The topological polar surface area (TPSA) is 54.4 Å². The van der Waals surface area contributed by atoms with Gasteiger partial charge in [0.2, 0.25) is 0 Å². The second kappa shape index (κ2) is 4.97. The van der Waals surface area contributed by atoms with Crippen LogP contribution in [0, 0.1) is 0 Å². The van der Waals surface area contributed by atoms with Crippen LogP contribution in [0.2, 0.25) is 0 Å². The van der Waals surface area contributed by atoms with Gasteiger partial charge in [0.15, 0.2) is 5.78 Å². The number of hydrogen-bond acceptors (Lipinski definition) is 2. The molecule has 0 aliphatic carbocycles. The zero-order valence-electron chi connectivity index (χ0n) is 7.51. The van der Waals surface area contributed by atoms with Crippen LogP contribution in [-0.4, -0.2) is 16.9 Å². The van der Waals surface area contributed by atoms with Crippen LogP contribution in [-0.2, 0) is 9.59 Å². The Morgan fingerprint density at radius 2 is 1.86 bits per heavy atom. The number of aliphatic carboxylic acids is 1. The Hall–Kier alpha value is -1.90. The average Bonchev–Trinajstić information content (AvgIpc) is 2.15. The van der Waals surface area contributed by atoms with Crippen molar-refractivity contribution in [2.24, 2.45) is 0 Å². The first kappa shape index (κ1) is 10.2. The lowest BCUT2D eigenvalue weighted by Gasteiger charge is -1.90. The van der Waals surface area contributed by atoms with E-state index in [0.717, 1.165) is 5.56 Å². The Kier molecular flexibility index (Phi) is 3.61. The van der Waals surface area contributed by atoms with Gasteiger partial charge >= 0.3 is 5.97 Å². The summed E-state index contributed by atoms with van der Waals surface area (Å²) >= 11 is 0. The molecule has 3 nitrogen and oxygen atoms in total. The lowest BCUT2D eigenvalue weighted by Crippen LogP contribution is -2.02. The fourth-order valence-corrected chi connectivity index (χ4v) is 0.961. The molecule has 1 aromatic rings. The monoisotopic (exact) mass is 190 g/mol. The van der Waals surface area contributed by atoms with Gasteiger partial charge in [-0.2, -0.15) is 0 Å². The Balaban J connectivity index is 2.56. The highest BCUT2D eigenvalue weighted by Crippen LogP contribution is 2.01. The van der Waals surface area contributed by atoms with Crippen LogP contribution in [0.15, 0.2) is 36.4 Å². The summed E-state index contributed by atoms with van der Waals surface area (Å²) in [6.45, 7) is 0. The third kappa shape index (κ3) is 3.67. The number of carboxylic acid groups (broad SMARTS) is 1. The molecule has 3 heteroatoms. The van der Waals surface area contributed by atoms with E-state index in [4.69, 9.17) is 5.11 Å². The Labute approximate surface area is 81.7 Å². The summed E-state index contributed by atoms with van der Waals surface area (Å²) in [4.78, 5) is 21.1. The zero-order valence-corrected chi connectivity index (χ0v) is 7.51. The maximum Gasteiger partial charge on any atom is 0.311 e. The van der Waals surface area contributed by atoms with E-state index in [0.29, 0.717) is 0 Å². The van der Waals surface area contributed by atoms with Crippen LogP contribution in [0.1, 0.15) is 12.0 Å². The normalized spacial score (nSPS) is 10.3. The summed E-state index contributed by atoms with van der Waals surface area (Å²) in [7, 11) is 0. The lowest BCUT2D eigenvalue weighted by molar-refractivity contribution is -0.139. The molecule has 1 rings (SSSR count). The van der Waals surface area contributed by atoms with E-state index in [2.05, 4.69) is 0 Å². The fourth-order valence-electron chi connectivity index (χ4n) is 0.961. The number of allylic oxidation sites excluding steroid dienone is 1. The Morgan fingerprint density at radius 1 is 1.21 bits per heavy atom. The molecule has 0 aliphatic rings. The van der Waals surface area contributed by atoms with Gasteiger partial charge in [0.05, 0.1) is 0 Å². The summed E-state index contributed by atoms with van der Waals surface area (Å²) < 4.78 is 0. The molecule has 0 atom stereocenters. The lowest BCUT2D eigenvalue weighted by atomic mass is 10.2. The van der Waals surface area contributed by atoms with Gasteiger partial charge < -0.3 is 5.11 Å². The molecule has 0 spiro atoms. The van der Waals surface area contributed by atoms with Crippen LogP contribution in [0.4, 0.5) is 0 Å². The van der Waals surface area contributed by atoms with E-state index in [1.165, 1.54) is 6.08 Å². The van der Waals surface area contributed by atoms with Crippen LogP contribution in [0.3, 0.4) is 0 Å². The van der Waals surface area contributed by atoms with Crippen molar-refractivity contribution in [2.45, 2.75) is 6.42 Å². The number of ketones is 1. The highest BCUT2D eigenvalue weighted by atomic mass is 16.4. The van der Waals surface area contributed by atoms with Crippen molar-refractivity contribution >= 4 is 17.8 Å². The van der Waals surface area contributed by atoms with E-state index in [1.54, 1.807) is 6.08 Å². The first-order chi connectivity index (χ1) is 6.68. The maximum atomic E-state index is 11.0. The van der Waals surface area contributed by atoms with E-state index in [-0.39, 0.29) is 0 Å². The third-order valence-corrected chi connectivity index (χ3v) is 1.59. The molecule has 0 saturated carbocycles. The van der Waals surface area contributed by atoms with Gasteiger partial charge in [0.1, 0.15) is 6.42 Å². The molecule has 0 fully saturated rings. The molecular weight excluding hydrogens is 180 g/mol. The number of carbonyl (C=O) groups is 2. The zero-order chi connectivity index (χ0) is 10.4. The van der Waals surface area contributed by atoms with Crippen molar-refractivity contribution < 1.29 is 14.7 Å². The summed E-state index contributed by atoms with van der Waals surface area (Å²) in [5.41, 5.74) is 0.881. The highest BCUT2D eigenvalue weighted by Gasteiger charge is 2.02. The Morgan fingerprint density at radius 3 is 2.43 bits per heavy atom. The summed E-state index contributed by atoms with van der Waals surface area (Å²) in [5, 5.41) is 8.33. The largest absolute Gasteiger partial charge is 0.481 e. The summed E-state index contributed by atoms with van der Waals surface area (Å²) in [5.74, 6) is -1.51. The molecule has 14 heavy (non-hydrogen) atoms. The first-order valence-electron chi connectivity index (χ1n) is 4.16. The van der Waals surface area contributed by atoms with E-state index in [1.807, 2.05) is 30.3 Å². The van der Waals surface area contributed by atoms with Gasteiger partial charge in [-0.25, -0.2) is 0 Å². The molecular formula is C11H10O3. The Bertz CT molecular complexity index is 352. The van der Waals surface area contributed by atoms with E-state index < -0.39 is 18.2 Å². The van der Waals surface area contributed by atoms with Crippen LogP contribution in [0.5, 0.6) is 0 Å². The smallest absolute Gasteiger partial charge is 0.311 e. The predicted octanol–water partition coefficient (Wildman–Crippen LogP) is 1.74. The van der Waals surface area contributed by atoms with Crippen molar-refractivity contribution in [3.05, 3.63) is 42.0 Å². The average molecular weight is 190 g/mol. The molecule has 0 unspecified atom stereocenters. The minimum Gasteiger partial charge on any atom is -0.481 e. The molecule has 0 saturated heterocycles. The number of rotatable bonds is 4. The fraction of sp³-hybridized carbons (Fsp3) is 0.0909. The molecule has 0 aliphatic heterocycles. The first-order valence-corrected chi connectivity index (χ1v) is 4.16. The van der Waals surface area contributed by atoms with Gasteiger partial charge in [-0.05, 0) is 11.6 Å². The molecule has 0 heterocycles. The van der Waals surface area contributed by atoms with Gasteiger partial charge in [0.25, 0.3) is 0 Å². The minimum atomic E-state index is -1.10. The van der Waals surface area contributed by atoms with Crippen molar-refractivity contribution in [1.29, 1.82) is 0 Å². The van der Waals surface area contributed by atoms with E-state index in [9.17, 15) is 9.59 Å². The SMILES string of the molecule is O=C(O)CC(=O)C=Cc1ccccc1. The van der Waals surface area contributed by atoms with Gasteiger partial charge in [-0.3, -0.25) is 9.59 Å². The van der Waals surface area contributed by atoms with Gasteiger partial charge in [-0.1, -0.05) is 36.4 Å². The van der Waals surface area contributed by atoms with Crippen molar-refractivity contribution in [3.8, 4) is 0 Å². The number of carboxylic acids is 1. The quantitative estimate of drug-likeness (QED) is 0.581. The van der Waals surface area contributed by atoms with Crippen LogP contribution < -0.4 is 0 Å². The van der Waals surface area contributed by atoms with Crippen molar-refractivity contribution in [1.82, 2.24) is 0 Å². The van der Waals surface area contributed by atoms with E-state index >= 15 is 0 Å². The standard InChI is InChI=1S/C11H10O3/c12-10(8-11(13)14)7-6-9-4-2-1-3-5-9/h1-7H,8H2,(H,13,14). The van der Waals surface area contributed by atoms with Gasteiger partial charge in [-0.15, -0.1) is 0 Å². The minimum absolute atomic E-state index is 0.402. The van der Waals surface area contributed by atoms with Crippen LogP contribution in [0.25, 0.3) is 6.08 Å². The molecule has 0 radical (unpaired) electrons. The summed E-state index contributed by atoms with van der Waals surface area (Å²) in [6.07, 6.45) is 2.43. The second-order valence-electron chi connectivity index (χ2n) is 2.78. The molecule has 0 bridgehead atoms. The second-order valence-corrected chi connectivity index (χ2v) is 2.78. The molecule has 0 amide bonds. The number of hydrogen-bond donors (Lipinski definition) is 1. The van der Waals surface area contributed by atoms with Crippen molar-refractivity contribution in [2.75, 3.05) is 0 Å². The molecule has 1 N–H and O–H groups in total. The highest BCUT2D eigenvalue weighted by molar-refractivity contribution is 6.03.